The van der Waals surface area contributed by atoms with Crippen molar-refractivity contribution in [2.75, 3.05) is 11.9 Å². The Bertz CT molecular complexity index is 438. The number of benzene rings is 1. The number of anilines is 1. The first kappa shape index (κ1) is 15.4. The third kappa shape index (κ3) is 4.25. The highest BCUT2D eigenvalue weighted by molar-refractivity contribution is 9.10. The molecule has 0 aromatic heterocycles. The Hall–Kier alpha value is -0.610. The molecule has 100 valence electrons. The van der Waals surface area contributed by atoms with E-state index < -0.39 is 0 Å². The van der Waals surface area contributed by atoms with Gasteiger partial charge in [-0.2, -0.15) is 0 Å². The molecule has 0 saturated heterocycles. The zero-order valence-electron chi connectivity index (χ0n) is 11.4. The Morgan fingerprint density at radius 2 is 2.06 bits per heavy atom. The van der Waals surface area contributed by atoms with Gasteiger partial charge in [0.05, 0.1) is 0 Å². The molecule has 1 aromatic carbocycles. The van der Waals surface area contributed by atoms with Crippen molar-refractivity contribution in [2.24, 2.45) is 17.1 Å². The highest BCUT2D eigenvalue weighted by Crippen LogP contribution is 2.28. The van der Waals surface area contributed by atoms with E-state index in [1.165, 1.54) is 0 Å². The molecule has 0 bridgehead atoms. The molecule has 3 N–H and O–H groups in total. The fourth-order valence-corrected chi connectivity index (χ4v) is 2.03. The topological polar surface area (TPSA) is 38.0 Å². The van der Waals surface area contributed by atoms with Gasteiger partial charge in [0.1, 0.15) is 4.99 Å². The average molecular weight is 329 g/mol. The van der Waals surface area contributed by atoms with E-state index >= 15 is 0 Å². The van der Waals surface area contributed by atoms with Crippen LogP contribution in [-0.2, 0) is 0 Å². The van der Waals surface area contributed by atoms with E-state index in [2.05, 4.69) is 48.9 Å². The predicted molar refractivity (Wildman–Crippen MR) is 87.1 cm³/mol. The van der Waals surface area contributed by atoms with Crippen LogP contribution in [0.1, 0.15) is 33.3 Å². The average Bonchev–Trinajstić information content (AvgIpc) is 2.25. The van der Waals surface area contributed by atoms with Crippen LogP contribution in [0.3, 0.4) is 0 Å². The maximum absolute atomic E-state index is 5.60. The second-order valence-corrected chi connectivity index (χ2v) is 7.00. The van der Waals surface area contributed by atoms with Crippen LogP contribution < -0.4 is 11.1 Å². The van der Waals surface area contributed by atoms with Gasteiger partial charge in [0.25, 0.3) is 0 Å². The third-order valence-corrected chi connectivity index (χ3v) is 4.22. The van der Waals surface area contributed by atoms with Crippen LogP contribution in [0.5, 0.6) is 0 Å². The first-order valence-corrected chi connectivity index (χ1v) is 7.25. The maximum Gasteiger partial charge on any atom is 0.104 e. The Morgan fingerprint density at radius 1 is 1.44 bits per heavy atom. The van der Waals surface area contributed by atoms with Gasteiger partial charge in [0.15, 0.2) is 0 Å². The SMILES string of the molecule is CC(CNc1ccc(C(N)=S)cc1Br)C(C)(C)C. The molecule has 0 saturated carbocycles. The Morgan fingerprint density at radius 3 is 2.50 bits per heavy atom. The monoisotopic (exact) mass is 328 g/mol. The largest absolute Gasteiger partial charge is 0.389 e. The third-order valence-electron chi connectivity index (χ3n) is 3.33. The molecular weight excluding hydrogens is 308 g/mol. The molecule has 1 atom stereocenters. The summed E-state index contributed by atoms with van der Waals surface area (Å²) in [5.41, 5.74) is 7.86. The van der Waals surface area contributed by atoms with E-state index in [1.807, 2.05) is 18.2 Å². The molecule has 1 unspecified atom stereocenters. The normalized spacial score (nSPS) is 13.2. The second-order valence-electron chi connectivity index (χ2n) is 5.71. The Kier molecular flexibility index (Phi) is 5.17. The summed E-state index contributed by atoms with van der Waals surface area (Å²) in [6.07, 6.45) is 0. The van der Waals surface area contributed by atoms with Gasteiger partial charge in [0, 0.05) is 22.3 Å². The van der Waals surface area contributed by atoms with E-state index in [1.54, 1.807) is 0 Å². The summed E-state index contributed by atoms with van der Waals surface area (Å²) >= 11 is 8.49. The van der Waals surface area contributed by atoms with Crippen molar-refractivity contribution in [1.82, 2.24) is 0 Å². The maximum atomic E-state index is 5.60. The summed E-state index contributed by atoms with van der Waals surface area (Å²) in [5, 5.41) is 3.45. The van der Waals surface area contributed by atoms with Gasteiger partial charge in [0.2, 0.25) is 0 Å². The van der Waals surface area contributed by atoms with Crippen LogP contribution in [0.25, 0.3) is 0 Å². The fraction of sp³-hybridized carbons (Fsp3) is 0.500. The van der Waals surface area contributed by atoms with Crippen LogP contribution in [0, 0.1) is 11.3 Å². The van der Waals surface area contributed by atoms with Gasteiger partial charge in [-0.15, -0.1) is 0 Å². The molecule has 1 aromatic rings. The molecule has 2 nitrogen and oxygen atoms in total. The van der Waals surface area contributed by atoms with Crippen molar-refractivity contribution < 1.29 is 0 Å². The number of hydrogen-bond acceptors (Lipinski definition) is 2. The standard InChI is InChI=1S/C14H21BrN2S/c1-9(14(2,3)4)8-17-12-6-5-10(13(16)18)7-11(12)15/h5-7,9,17H,8H2,1-4H3,(H2,16,18). The van der Waals surface area contributed by atoms with Crippen LogP contribution in [0.15, 0.2) is 22.7 Å². The highest BCUT2D eigenvalue weighted by atomic mass is 79.9. The number of rotatable bonds is 4. The number of hydrogen-bond donors (Lipinski definition) is 2. The predicted octanol–water partition coefficient (Wildman–Crippen LogP) is 4.18. The summed E-state index contributed by atoms with van der Waals surface area (Å²) in [4.78, 5) is 0.422. The molecule has 18 heavy (non-hydrogen) atoms. The van der Waals surface area contributed by atoms with Gasteiger partial charge < -0.3 is 11.1 Å². The van der Waals surface area contributed by atoms with Gasteiger partial charge >= 0.3 is 0 Å². The molecule has 1 rings (SSSR count). The molecule has 0 fully saturated rings. The van der Waals surface area contributed by atoms with Crippen molar-refractivity contribution in [3.8, 4) is 0 Å². The van der Waals surface area contributed by atoms with E-state index in [4.69, 9.17) is 18.0 Å². The van der Waals surface area contributed by atoms with Crippen LogP contribution in [0.2, 0.25) is 0 Å². The van der Waals surface area contributed by atoms with Crippen molar-refractivity contribution in [3.63, 3.8) is 0 Å². The minimum absolute atomic E-state index is 0.304. The first-order valence-electron chi connectivity index (χ1n) is 6.05. The lowest BCUT2D eigenvalue weighted by atomic mass is 9.82. The van der Waals surface area contributed by atoms with E-state index in [9.17, 15) is 0 Å². The molecule has 0 amide bonds. The fourth-order valence-electron chi connectivity index (χ4n) is 1.38. The Labute approximate surface area is 123 Å². The van der Waals surface area contributed by atoms with Crippen LogP contribution >= 0.6 is 28.1 Å². The quantitative estimate of drug-likeness (QED) is 0.814. The number of nitrogens with one attached hydrogen (secondary N) is 1. The molecule has 0 radical (unpaired) electrons. The lowest BCUT2D eigenvalue weighted by Crippen LogP contribution is -2.24. The van der Waals surface area contributed by atoms with E-state index in [0.29, 0.717) is 16.3 Å². The molecule has 0 heterocycles. The van der Waals surface area contributed by atoms with Crippen molar-refractivity contribution in [1.29, 1.82) is 0 Å². The zero-order valence-corrected chi connectivity index (χ0v) is 13.8. The minimum Gasteiger partial charge on any atom is -0.389 e. The van der Waals surface area contributed by atoms with Crippen LogP contribution in [0.4, 0.5) is 5.69 Å². The summed E-state index contributed by atoms with van der Waals surface area (Å²) in [5.74, 6) is 0.583. The van der Waals surface area contributed by atoms with E-state index in [0.717, 1.165) is 22.3 Å². The van der Waals surface area contributed by atoms with Crippen molar-refractivity contribution in [3.05, 3.63) is 28.2 Å². The summed E-state index contributed by atoms with van der Waals surface area (Å²) in [7, 11) is 0. The van der Waals surface area contributed by atoms with Gasteiger partial charge in [-0.25, -0.2) is 0 Å². The summed E-state index contributed by atoms with van der Waals surface area (Å²) in [6, 6.07) is 5.90. The molecule has 0 spiro atoms. The lowest BCUT2D eigenvalue weighted by Gasteiger charge is -2.28. The first-order chi connectivity index (χ1) is 8.21. The smallest absolute Gasteiger partial charge is 0.104 e. The summed E-state index contributed by atoms with van der Waals surface area (Å²) in [6.45, 7) is 9.96. The summed E-state index contributed by atoms with van der Waals surface area (Å²) < 4.78 is 0.994. The second kappa shape index (κ2) is 6.02. The number of thiocarbonyl (C=S) groups is 1. The van der Waals surface area contributed by atoms with Gasteiger partial charge in [-0.3, -0.25) is 0 Å². The van der Waals surface area contributed by atoms with E-state index in [-0.39, 0.29) is 0 Å². The zero-order chi connectivity index (χ0) is 13.9. The van der Waals surface area contributed by atoms with Gasteiger partial charge in [-0.05, 0) is 45.5 Å². The number of halogens is 1. The lowest BCUT2D eigenvalue weighted by molar-refractivity contribution is 0.274. The van der Waals surface area contributed by atoms with Crippen molar-refractivity contribution in [2.45, 2.75) is 27.7 Å². The highest BCUT2D eigenvalue weighted by Gasteiger charge is 2.19. The number of nitrogens with two attached hydrogens (primary N) is 1. The van der Waals surface area contributed by atoms with Crippen molar-refractivity contribution >= 4 is 38.8 Å². The molecule has 0 aliphatic carbocycles. The Balaban J connectivity index is 2.72. The molecular formula is C14H21BrN2S. The molecule has 0 aliphatic rings. The van der Waals surface area contributed by atoms with Gasteiger partial charge in [-0.1, -0.05) is 39.9 Å². The molecule has 0 aliphatic heterocycles. The molecule has 4 heteroatoms. The minimum atomic E-state index is 0.304. The van der Waals surface area contributed by atoms with Crippen LogP contribution in [-0.4, -0.2) is 11.5 Å².